The average molecular weight is 367 g/mol. The number of halogens is 1. The van der Waals surface area contributed by atoms with E-state index in [2.05, 4.69) is 4.98 Å². The van der Waals surface area contributed by atoms with E-state index in [1.807, 2.05) is 24.8 Å². The molecule has 25 heavy (non-hydrogen) atoms. The molecule has 3 rings (SSSR count). The van der Waals surface area contributed by atoms with Gasteiger partial charge in [0.25, 0.3) is 0 Å². The van der Waals surface area contributed by atoms with E-state index >= 15 is 0 Å². The van der Waals surface area contributed by atoms with E-state index in [1.54, 1.807) is 6.20 Å². The van der Waals surface area contributed by atoms with E-state index in [0.29, 0.717) is 17.3 Å². The maximum absolute atomic E-state index is 12.3. The number of ether oxygens (including phenoxy) is 1. The molecule has 1 aromatic heterocycles. The van der Waals surface area contributed by atoms with Crippen LogP contribution in [0.2, 0.25) is 5.02 Å². The molecule has 1 amide bonds. The molecule has 2 aliphatic rings. The lowest BCUT2D eigenvalue weighted by atomic mass is 9.67. The number of likely N-dealkylation sites (tertiary alicyclic amines) is 1. The molecule has 1 saturated heterocycles. The van der Waals surface area contributed by atoms with E-state index in [0.717, 1.165) is 44.3 Å². The van der Waals surface area contributed by atoms with Gasteiger partial charge in [-0.1, -0.05) is 18.5 Å². The summed E-state index contributed by atoms with van der Waals surface area (Å²) in [6.07, 6.45) is 6.65. The van der Waals surface area contributed by atoms with E-state index in [1.165, 1.54) is 0 Å². The van der Waals surface area contributed by atoms with E-state index < -0.39 is 0 Å². The average Bonchev–Trinajstić information content (AvgIpc) is 2.57. The molecule has 1 aromatic rings. The zero-order valence-electron chi connectivity index (χ0n) is 15.0. The first kappa shape index (κ1) is 18.5. The van der Waals surface area contributed by atoms with Crippen LogP contribution in [0.15, 0.2) is 12.3 Å². The molecule has 1 aliphatic heterocycles. The largest absolute Gasteiger partial charge is 0.473 e. The second-order valence-electron chi connectivity index (χ2n) is 7.60. The summed E-state index contributed by atoms with van der Waals surface area (Å²) in [7, 11) is 0. The Morgan fingerprint density at radius 3 is 2.72 bits per heavy atom. The van der Waals surface area contributed by atoms with Gasteiger partial charge in [-0.25, -0.2) is 4.98 Å². The van der Waals surface area contributed by atoms with Crippen LogP contribution in [0, 0.1) is 18.3 Å². The lowest BCUT2D eigenvalue weighted by Gasteiger charge is -2.54. The SMILES string of the molecule is CC[C@H](CO)C(=O)N1CC2(CCC(Oc3ncc(C)cc3Cl)CC2)C1. The molecule has 1 atom stereocenters. The van der Waals surface area contributed by atoms with Crippen molar-refractivity contribution in [2.75, 3.05) is 19.7 Å². The van der Waals surface area contributed by atoms with Crippen LogP contribution in [-0.2, 0) is 4.79 Å². The summed E-state index contributed by atoms with van der Waals surface area (Å²) in [4.78, 5) is 18.5. The van der Waals surface area contributed by atoms with Crippen LogP contribution in [0.1, 0.15) is 44.6 Å². The van der Waals surface area contributed by atoms with Gasteiger partial charge in [0.2, 0.25) is 11.8 Å². The highest BCUT2D eigenvalue weighted by atomic mass is 35.5. The molecule has 0 unspecified atom stereocenters. The third kappa shape index (κ3) is 3.93. The van der Waals surface area contributed by atoms with Crippen LogP contribution in [0.25, 0.3) is 0 Å². The number of aromatic nitrogens is 1. The van der Waals surface area contributed by atoms with Crippen molar-refractivity contribution in [2.45, 2.75) is 52.1 Å². The highest BCUT2D eigenvalue weighted by molar-refractivity contribution is 6.31. The van der Waals surface area contributed by atoms with Crippen LogP contribution in [-0.4, -0.2) is 46.7 Å². The van der Waals surface area contributed by atoms with Crippen molar-refractivity contribution in [1.29, 1.82) is 0 Å². The second kappa shape index (κ2) is 7.50. The Morgan fingerprint density at radius 1 is 1.48 bits per heavy atom. The molecule has 138 valence electrons. The van der Waals surface area contributed by atoms with Crippen molar-refractivity contribution in [3.05, 3.63) is 22.8 Å². The van der Waals surface area contributed by atoms with Gasteiger partial charge in [0.1, 0.15) is 11.1 Å². The van der Waals surface area contributed by atoms with Gasteiger partial charge in [-0.2, -0.15) is 0 Å². The minimum absolute atomic E-state index is 0.0565. The molecule has 2 fully saturated rings. The Balaban J connectivity index is 1.49. The maximum atomic E-state index is 12.3. The normalized spacial score (nSPS) is 21.0. The van der Waals surface area contributed by atoms with Gasteiger partial charge in [0.15, 0.2) is 0 Å². The summed E-state index contributed by atoms with van der Waals surface area (Å²) in [5.41, 5.74) is 1.26. The standard InChI is InChI=1S/C19H27ClN2O3/c1-3-14(10-23)18(24)22-11-19(12-22)6-4-15(5-7-19)25-17-16(20)8-13(2)9-21-17/h8-9,14-15,23H,3-7,10-12H2,1-2H3/t14-/m1/s1. The molecule has 1 saturated carbocycles. The zero-order chi connectivity index (χ0) is 18.0. The van der Waals surface area contributed by atoms with Crippen molar-refractivity contribution < 1.29 is 14.6 Å². The Hall–Kier alpha value is -1.33. The highest BCUT2D eigenvalue weighted by Gasteiger charge is 2.48. The lowest BCUT2D eigenvalue weighted by Crippen LogP contribution is -2.61. The van der Waals surface area contributed by atoms with E-state index in [-0.39, 0.29) is 30.0 Å². The summed E-state index contributed by atoms with van der Waals surface area (Å²) >= 11 is 6.20. The number of carbonyl (C=O) groups is 1. The topological polar surface area (TPSA) is 62.7 Å². The van der Waals surface area contributed by atoms with Gasteiger partial charge in [-0.15, -0.1) is 0 Å². The number of aliphatic hydroxyl groups is 1. The third-order valence-corrected chi connectivity index (χ3v) is 5.91. The van der Waals surface area contributed by atoms with Crippen molar-refractivity contribution in [3.8, 4) is 5.88 Å². The number of amides is 1. The van der Waals surface area contributed by atoms with Gasteiger partial charge < -0.3 is 14.7 Å². The summed E-state index contributed by atoms with van der Waals surface area (Å²) in [6, 6.07) is 1.87. The van der Waals surface area contributed by atoms with Crippen LogP contribution < -0.4 is 4.74 Å². The lowest BCUT2D eigenvalue weighted by molar-refractivity contribution is -0.152. The van der Waals surface area contributed by atoms with Crippen LogP contribution in [0.5, 0.6) is 5.88 Å². The number of pyridine rings is 1. The molecular weight excluding hydrogens is 340 g/mol. The van der Waals surface area contributed by atoms with Gasteiger partial charge in [-0.3, -0.25) is 4.79 Å². The number of hydrogen-bond donors (Lipinski definition) is 1. The molecule has 2 heterocycles. The molecule has 0 bridgehead atoms. The highest BCUT2D eigenvalue weighted by Crippen LogP contribution is 2.45. The van der Waals surface area contributed by atoms with Crippen molar-refractivity contribution in [3.63, 3.8) is 0 Å². The molecule has 0 aromatic carbocycles. The fourth-order valence-corrected chi connectivity index (χ4v) is 4.23. The van der Waals surface area contributed by atoms with Crippen LogP contribution >= 0.6 is 11.6 Å². The fourth-order valence-electron chi connectivity index (χ4n) is 3.96. The van der Waals surface area contributed by atoms with E-state index in [9.17, 15) is 9.90 Å². The minimum atomic E-state index is -0.244. The maximum Gasteiger partial charge on any atom is 0.232 e. The van der Waals surface area contributed by atoms with E-state index in [4.69, 9.17) is 16.3 Å². The molecule has 1 aliphatic carbocycles. The van der Waals surface area contributed by atoms with Crippen LogP contribution in [0.4, 0.5) is 0 Å². The third-order valence-electron chi connectivity index (χ3n) is 5.64. The summed E-state index contributed by atoms with van der Waals surface area (Å²) in [5, 5.41) is 9.87. The Bertz CT molecular complexity index is 617. The van der Waals surface area contributed by atoms with Crippen molar-refractivity contribution in [2.24, 2.45) is 11.3 Å². The molecule has 6 heteroatoms. The van der Waals surface area contributed by atoms with Crippen molar-refractivity contribution in [1.82, 2.24) is 9.88 Å². The Kier molecular flexibility index (Phi) is 5.54. The zero-order valence-corrected chi connectivity index (χ0v) is 15.8. The Morgan fingerprint density at radius 2 is 2.16 bits per heavy atom. The fraction of sp³-hybridized carbons (Fsp3) is 0.684. The van der Waals surface area contributed by atoms with Gasteiger partial charge in [-0.05, 0) is 50.7 Å². The van der Waals surface area contributed by atoms with Gasteiger partial charge in [0.05, 0.1) is 12.5 Å². The Labute approximate surface area is 154 Å². The summed E-state index contributed by atoms with van der Waals surface area (Å²) in [6.45, 7) is 5.48. The number of carbonyl (C=O) groups excluding carboxylic acids is 1. The monoisotopic (exact) mass is 366 g/mol. The summed E-state index contributed by atoms with van der Waals surface area (Å²) in [5.74, 6) is 0.378. The second-order valence-corrected chi connectivity index (χ2v) is 8.01. The number of aliphatic hydroxyl groups excluding tert-OH is 1. The summed E-state index contributed by atoms with van der Waals surface area (Å²) < 4.78 is 5.99. The predicted molar refractivity (Wildman–Crippen MR) is 96.7 cm³/mol. The molecular formula is C19H27ClN2O3. The predicted octanol–water partition coefficient (Wildman–Crippen LogP) is 3.21. The quantitative estimate of drug-likeness (QED) is 0.869. The number of nitrogens with zero attached hydrogens (tertiary/aromatic N) is 2. The number of aryl methyl sites for hydroxylation is 1. The first-order valence-electron chi connectivity index (χ1n) is 9.15. The first-order valence-corrected chi connectivity index (χ1v) is 9.52. The number of rotatable bonds is 5. The molecule has 1 N–H and O–H groups in total. The van der Waals surface area contributed by atoms with Crippen LogP contribution in [0.3, 0.4) is 0 Å². The first-order chi connectivity index (χ1) is 12.0. The molecule has 0 radical (unpaired) electrons. The number of hydrogen-bond acceptors (Lipinski definition) is 4. The van der Waals surface area contributed by atoms with Gasteiger partial charge in [0, 0.05) is 24.7 Å². The molecule has 1 spiro atoms. The van der Waals surface area contributed by atoms with Gasteiger partial charge >= 0.3 is 0 Å². The minimum Gasteiger partial charge on any atom is -0.473 e. The smallest absolute Gasteiger partial charge is 0.232 e. The van der Waals surface area contributed by atoms with Crippen molar-refractivity contribution >= 4 is 17.5 Å². The molecule has 5 nitrogen and oxygen atoms in total.